The topological polar surface area (TPSA) is 91.6 Å². The second-order valence-electron chi connectivity index (χ2n) is 7.26. The number of carbonyl (C=O) groups is 2. The molecule has 0 spiro atoms. The molecule has 0 aliphatic carbocycles. The van der Waals surface area contributed by atoms with E-state index in [0.29, 0.717) is 10.6 Å². The third kappa shape index (κ3) is 3.85. The molecule has 1 aliphatic rings. The number of benzene rings is 2. The van der Waals surface area contributed by atoms with E-state index in [1.807, 2.05) is 0 Å². The number of amides is 2. The Morgan fingerprint density at radius 2 is 1.78 bits per heavy atom. The van der Waals surface area contributed by atoms with Crippen molar-refractivity contribution in [3.63, 3.8) is 0 Å². The molecule has 166 valence electrons. The van der Waals surface area contributed by atoms with Crippen LogP contribution < -0.4 is 10.6 Å². The highest BCUT2D eigenvalue weighted by atomic mass is 35.5. The largest absolute Gasteiger partial charge is 0.459 e. The number of hydrogen-bond acceptors (Lipinski definition) is 4. The lowest BCUT2D eigenvalue weighted by Gasteiger charge is -2.44. The van der Waals surface area contributed by atoms with Crippen molar-refractivity contribution in [3.05, 3.63) is 83.1 Å². The molecule has 0 saturated carbocycles. The van der Waals surface area contributed by atoms with Gasteiger partial charge in [-0.05, 0) is 24.3 Å². The van der Waals surface area contributed by atoms with E-state index < -0.39 is 35.7 Å². The van der Waals surface area contributed by atoms with Gasteiger partial charge >= 0.3 is 12.2 Å². The Hall–Kier alpha value is -3.30. The molecule has 32 heavy (non-hydrogen) atoms. The Labute approximate surface area is 185 Å². The van der Waals surface area contributed by atoms with Gasteiger partial charge in [0.1, 0.15) is 23.5 Å². The monoisotopic (exact) mass is 464 g/mol. The van der Waals surface area contributed by atoms with Crippen molar-refractivity contribution in [1.82, 2.24) is 10.6 Å². The lowest BCUT2D eigenvalue weighted by molar-refractivity contribution is -0.288. The summed E-state index contributed by atoms with van der Waals surface area (Å²) in [6, 6.07) is 13.7. The lowest BCUT2D eigenvalue weighted by Crippen LogP contribution is -2.72. The predicted molar refractivity (Wildman–Crippen MR) is 109 cm³/mol. The van der Waals surface area contributed by atoms with Gasteiger partial charge < -0.3 is 20.2 Å². The number of rotatable bonds is 4. The molecule has 1 saturated heterocycles. The smallest absolute Gasteiger partial charge is 0.437 e. The highest BCUT2D eigenvalue weighted by Crippen LogP contribution is 2.44. The Morgan fingerprint density at radius 1 is 1.06 bits per heavy atom. The normalized spacial score (nSPS) is 23.3. The minimum Gasteiger partial charge on any atom is -0.459 e. The number of halogens is 4. The Morgan fingerprint density at radius 3 is 2.44 bits per heavy atom. The first-order valence-corrected chi connectivity index (χ1v) is 9.80. The fourth-order valence-electron chi connectivity index (χ4n) is 3.68. The summed E-state index contributed by atoms with van der Waals surface area (Å²) in [5.41, 5.74) is -3.35. The summed E-state index contributed by atoms with van der Waals surface area (Å²) in [4.78, 5) is 25.2. The van der Waals surface area contributed by atoms with Crippen molar-refractivity contribution >= 4 is 23.4 Å². The van der Waals surface area contributed by atoms with Gasteiger partial charge in [0.05, 0.1) is 0 Å². The fraction of sp³-hybridized carbons (Fsp3) is 0.182. The van der Waals surface area contributed by atoms with E-state index in [-0.39, 0.29) is 17.1 Å². The van der Waals surface area contributed by atoms with Crippen LogP contribution in [0, 0.1) is 5.92 Å². The van der Waals surface area contributed by atoms with E-state index in [2.05, 4.69) is 5.32 Å². The SMILES string of the molecule is O=C1N[C@H](c2ccc(-c3cccc(Cl)c3)o2)[C@H](C(=O)c2ccccc2)[C@](O)(C(F)(F)F)N1. The third-order valence-electron chi connectivity index (χ3n) is 5.19. The number of ketones is 1. The molecule has 0 unspecified atom stereocenters. The number of aliphatic hydroxyl groups is 1. The van der Waals surface area contributed by atoms with Crippen molar-refractivity contribution < 1.29 is 32.3 Å². The van der Waals surface area contributed by atoms with Gasteiger partial charge in [-0.3, -0.25) is 4.79 Å². The average Bonchev–Trinajstić information content (AvgIpc) is 3.23. The molecule has 6 nitrogen and oxygen atoms in total. The highest BCUT2D eigenvalue weighted by molar-refractivity contribution is 6.30. The zero-order valence-electron chi connectivity index (χ0n) is 16.2. The molecule has 10 heteroatoms. The molecule has 1 aliphatic heterocycles. The zero-order chi connectivity index (χ0) is 23.1. The standard InChI is InChI=1S/C22H16ClF3N2O4/c23-14-8-4-7-13(11-14)15-9-10-16(32-15)18-17(19(29)12-5-2-1-3-6-12)21(31,22(24,25)26)28-20(30)27-18/h1-11,17-18,31H,(H2,27,28,30)/t17-,18-,21+/m1/s1. The van der Waals surface area contributed by atoms with Gasteiger partial charge in [-0.2, -0.15) is 13.2 Å². The molecule has 3 atom stereocenters. The first kappa shape index (κ1) is 21.9. The Bertz CT molecular complexity index is 1170. The average molecular weight is 465 g/mol. The number of furan rings is 1. The molecule has 2 heterocycles. The minimum absolute atomic E-state index is 0.0651. The maximum absolute atomic E-state index is 13.9. The van der Waals surface area contributed by atoms with Crippen LogP contribution >= 0.6 is 11.6 Å². The van der Waals surface area contributed by atoms with E-state index in [4.69, 9.17) is 16.0 Å². The van der Waals surface area contributed by atoms with Gasteiger partial charge in [0.15, 0.2) is 5.78 Å². The van der Waals surface area contributed by atoms with Crippen LogP contribution in [0.2, 0.25) is 5.02 Å². The maximum Gasteiger partial charge on any atom is 0.437 e. The van der Waals surface area contributed by atoms with Crippen LogP contribution in [0.5, 0.6) is 0 Å². The van der Waals surface area contributed by atoms with E-state index in [1.54, 1.807) is 30.3 Å². The quantitative estimate of drug-likeness (QED) is 0.488. The van der Waals surface area contributed by atoms with Crippen LogP contribution in [0.3, 0.4) is 0 Å². The van der Waals surface area contributed by atoms with Gasteiger partial charge in [-0.25, -0.2) is 4.79 Å². The van der Waals surface area contributed by atoms with Crippen LogP contribution in [0.15, 0.2) is 71.1 Å². The second-order valence-corrected chi connectivity index (χ2v) is 7.70. The fourth-order valence-corrected chi connectivity index (χ4v) is 3.87. The third-order valence-corrected chi connectivity index (χ3v) is 5.42. The number of Topliss-reactive ketones (excluding diaryl/α,β-unsaturated/α-hetero) is 1. The van der Waals surface area contributed by atoms with Crippen molar-refractivity contribution in [2.24, 2.45) is 5.92 Å². The second kappa shape index (κ2) is 7.99. The number of nitrogens with one attached hydrogen (secondary N) is 2. The van der Waals surface area contributed by atoms with Gasteiger partial charge in [0.25, 0.3) is 0 Å². The van der Waals surface area contributed by atoms with Crippen molar-refractivity contribution in [3.8, 4) is 11.3 Å². The maximum atomic E-state index is 13.9. The first-order valence-electron chi connectivity index (χ1n) is 9.43. The van der Waals surface area contributed by atoms with Crippen molar-refractivity contribution in [2.75, 3.05) is 0 Å². The van der Waals surface area contributed by atoms with Gasteiger partial charge in [0.2, 0.25) is 5.72 Å². The highest BCUT2D eigenvalue weighted by Gasteiger charge is 2.66. The number of hydrogen-bond donors (Lipinski definition) is 3. The predicted octanol–water partition coefficient (Wildman–Crippen LogP) is 4.70. The summed E-state index contributed by atoms with van der Waals surface area (Å²) in [5, 5.41) is 14.8. The molecular formula is C22H16ClF3N2O4. The first-order chi connectivity index (χ1) is 15.1. The lowest BCUT2D eigenvalue weighted by atomic mass is 9.79. The van der Waals surface area contributed by atoms with E-state index in [0.717, 1.165) is 0 Å². The molecule has 3 N–H and O–H groups in total. The summed E-state index contributed by atoms with van der Waals surface area (Å²) >= 11 is 5.98. The number of urea groups is 1. The van der Waals surface area contributed by atoms with E-state index >= 15 is 0 Å². The van der Waals surface area contributed by atoms with Gasteiger partial charge in [0, 0.05) is 16.1 Å². The van der Waals surface area contributed by atoms with Crippen molar-refractivity contribution in [1.29, 1.82) is 0 Å². The van der Waals surface area contributed by atoms with Gasteiger partial charge in [-0.1, -0.05) is 54.1 Å². The molecule has 4 rings (SSSR count). The van der Waals surface area contributed by atoms with Crippen LogP contribution in [-0.2, 0) is 0 Å². The van der Waals surface area contributed by atoms with Crippen molar-refractivity contribution in [2.45, 2.75) is 17.9 Å². The molecule has 3 aromatic rings. The molecule has 0 radical (unpaired) electrons. The summed E-state index contributed by atoms with van der Waals surface area (Å²) in [6.45, 7) is 0. The van der Waals surface area contributed by atoms with Crippen LogP contribution in [0.4, 0.5) is 18.0 Å². The molecule has 1 fully saturated rings. The Kier molecular flexibility index (Phi) is 5.47. The molecule has 2 amide bonds. The minimum atomic E-state index is -5.35. The van der Waals surface area contributed by atoms with Gasteiger partial charge in [-0.15, -0.1) is 0 Å². The molecule has 0 bridgehead atoms. The summed E-state index contributed by atoms with van der Waals surface area (Å²) in [6.07, 6.45) is -5.35. The Balaban J connectivity index is 1.81. The summed E-state index contributed by atoms with van der Waals surface area (Å²) in [5.74, 6) is -3.06. The number of carbonyl (C=O) groups excluding carboxylic acids is 2. The summed E-state index contributed by atoms with van der Waals surface area (Å²) < 4.78 is 47.5. The number of alkyl halides is 3. The van der Waals surface area contributed by atoms with E-state index in [1.165, 1.54) is 41.7 Å². The zero-order valence-corrected chi connectivity index (χ0v) is 16.9. The molecule has 2 aromatic carbocycles. The summed E-state index contributed by atoms with van der Waals surface area (Å²) in [7, 11) is 0. The van der Waals surface area contributed by atoms with Crippen LogP contribution in [-0.4, -0.2) is 28.8 Å². The van der Waals surface area contributed by atoms with E-state index in [9.17, 15) is 27.9 Å². The van der Waals surface area contributed by atoms with Crippen LogP contribution in [0.25, 0.3) is 11.3 Å². The molecule has 1 aromatic heterocycles. The molecular weight excluding hydrogens is 449 g/mol. The van der Waals surface area contributed by atoms with Crippen LogP contribution in [0.1, 0.15) is 22.2 Å².